The van der Waals surface area contributed by atoms with Crippen LogP contribution in [0.3, 0.4) is 0 Å². The van der Waals surface area contributed by atoms with Gasteiger partial charge in [0.2, 0.25) is 0 Å². The van der Waals surface area contributed by atoms with Crippen molar-refractivity contribution in [1.82, 2.24) is 0 Å². The molecule has 0 bridgehead atoms. The molecular weight excluding hydrogens is 472 g/mol. The molecule has 0 saturated carbocycles. The lowest BCUT2D eigenvalue weighted by Gasteiger charge is -2.35. The molecule has 0 aromatic heterocycles. The van der Waals surface area contributed by atoms with Crippen LogP contribution in [0.2, 0.25) is 0 Å². The molecule has 0 heterocycles. The zero-order chi connectivity index (χ0) is 12.0. The van der Waals surface area contributed by atoms with Crippen molar-refractivity contribution in [2.45, 2.75) is 21.9 Å². The van der Waals surface area contributed by atoms with Crippen molar-refractivity contribution in [2.75, 3.05) is 0 Å². The van der Waals surface area contributed by atoms with E-state index in [4.69, 9.17) is 0 Å². The van der Waals surface area contributed by atoms with E-state index < -0.39 is 12.2 Å². The molecular formula is C10H8Br4O2. The van der Waals surface area contributed by atoms with E-state index in [0.717, 1.165) is 20.1 Å². The summed E-state index contributed by atoms with van der Waals surface area (Å²) < 4.78 is 1.61. The summed E-state index contributed by atoms with van der Waals surface area (Å²) in [4.78, 5) is -0.443. The second kappa shape index (κ2) is 4.97. The second-order valence-corrected chi connectivity index (χ2v) is 7.46. The van der Waals surface area contributed by atoms with Crippen LogP contribution in [0, 0.1) is 0 Å². The number of aliphatic hydroxyl groups is 2. The van der Waals surface area contributed by atoms with Crippen LogP contribution in [0.4, 0.5) is 0 Å². The van der Waals surface area contributed by atoms with Gasteiger partial charge in [0.25, 0.3) is 0 Å². The van der Waals surface area contributed by atoms with Crippen molar-refractivity contribution in [1.29, 1.82) is 0 Å². The Hall–Kier alpha value is 1.06. The van der Waals surface area contributed by atoms with Gasteiger partial charge in [0.15, 0.2) is 0 Å². The van der Waals surface area contributed by atoms with E-state index in [-0.39, 0.29) is 9.65 Å². The molecule has 0 fully saturated rings. The molecule has 16 heavy (non-hydrogen) atoms. The Morgan fingerprint density at radius 3 is 1.44 bits per heavy atom. The maximum Gasteiger partial charge on any atom is 0.0941 e. The Kier molecular flexibility index (Phi) is 4.19. The van der Waals surface area contributed by atoms with Crippen molar-refractivity contribution in [3.8, 4) is 0 Å². The quantitative estimate of drug-likeness (QED) is 0.556. The van der Waals surface area contributed by atoms with Crippen molar-refractivity contribution >= 4 is 63.7 Å². The Morgan fingerprint density at radius 1 is 0.812 bits per heavy atom. The van der Waals surface area contributed by atoms with Gasteiger partial charge in [-0.3, -0.25) is 0 Å². The number of hydrogen-bond acceptors (Lipinski definition) is 2. The summed E-state index contributed by atoms with van der Waals surface area (Å²) in [6, 6.07) is 3.71. The summed E-state index contributed by atoms with van der Waals surface area (Å²) >= 11 is 13.6. The molecule has 0 radical (unpaired) electrons. The highest BCUT2D eigenvalue weighted by Crippen LogP contribution is 2.48. The van der Waals surface area contributed by atoms with Gasteiger partial charge in [0.1, 0.15) is 0 Å². The molecule has 0 amide bonds. The van der Waals surface area contributed by atoms with Gasteiger partial charge in [-0.1, -0.05) is 63.7 Å². The Morgan fingerprint density at radius 2 is 1.12 bits per heavy atom. The van der Waals surface area contributed by atoms with E-state index in [1.807, 2.05) is 12.1 Å². The van der Waals surface area contributed by atoms with E-state index in [1.54, 1.807) is 0 Å². The third kappa shape index (κ3) is 2.06. The highest BCUT2D eigenvalue weighted by molar-refractivity contribution is 9.12. The van der Waals surface area contributed by atoms with Gasteiger partial charge in [0, 0.05) is 20.1 Å². The lowest BCUT2D eigenvalue weighted by atomic mass is 9.87. The van der Waals surface area contributed by atoms with Crippen molar-refractivity contribution < 1.29 is 10.2 Å². The molecule has 2 N–H and O–H groups in total. The Bertz CT molecular complexity index is 385. The topological polar surface area (TPSA) is 40.5 Å². The Balaban J connectivity index is 2.67. The zero-order valence-corrected chi connectivity index (χ0v) is 14.2. The number of alkyl halides is 2. The summed E-state index contributed by atoms with van der Waals surface area (Å²) in [5.41, 5.74) is 1.47. The van der Waals surface area contributed by atoms with Crippen molar-refractivity contribution in [3.63, 3.8) is 0 Å². The van der Waals surface area contributed by atoms with Crippen molar-refractivity contribution in [3.05, 3.63) is 32.2 Å². The lowest BCUT2D eigenvalue weighted by Crippen LogP contribution is -2.34. The van der Waals surface area contributed by atoms with Crippen molar-refractivity contribution in [2.24, 2.45) is 0 Å². The molecule has 1 aliphatic carbocycles. The molecule has 2 nitrogen and oxygen atoms in total. The fraction of sp³-hybridized carbons (Fsp3) is 0.400. The predicted molar refractivity (Wildman–Crippen MR) is 77.2 cm³/mol. The standard InChI is InChI=1S/C10H8Br4O2/c11-3-1-2-4(12)6-5(3)9(15)7(13)8(14)10(6)16/h1-2,7-10,15-16H. The summed E-state index contributed by atoms with van der Waals surface area (Å²) in [7, 11) is 0. The average Bonchev–Trinajstić information content (AvgIpc) is 2.26. The zero-order valence-electron chi connectivity index (χ0n) is 7.87. The maximum atomic E-state index is 10.2. The van der Waals surface area contributed by atoms with E-state index in [0.29, 0.717) is 0 Å². The fourth-order valence-electron chi connectivity index (χ4n) is 1.85. The third-order valence-electron chi connectivity index (χ3n) is 2.68. The number of rotatable bonds is 0. The molecule has 0 spiro atoms. The van der Waals surface area contributed by atoms with Gasteiger partial charge in [0.05, 0.1) is 21.9 Å². The number of aliphatic hydroxyl groups excluding tert-OH is 2. The summed E-state index contributed by atoms with van der Waals surface area (Å²) in [5.74, 6) is 0. The van der Waals surface area contributed by atoms with Crippen LogP contribution in [0.15, 0.2) is 21.1 Å². The molecule has 1 aliphatic rings. The van der Waals surface area contributed by atoms with Gasteiger partial charge >= 0.3 is 0 Å². The van der Waals surface area contributed by atoms with E-state index >= 15 is 0 Å². The molecule has 0 saturated heterocycles. The number of fused-ring (bicyclic) bond motifs is 1. The van der Waals surface area contributed by atoms with Crippen LogP contribution in [0.25, 0.3) is 0 Å². The highest BCUT2D eigenvalue weighted by Gasteiger charge is 2.40. The van der Waals surface area contributed by atoms with Gasteiger partial charge in [-0.05, 0) is 12.1 Å². The van der Waals surface area contributed by atoms with E-state index in [1.165, 1.54) is 0 Å². The van der Waals surface area contributed by atoms with Crippen LogP contribution in [0.1, 0.15) is 23.3 Å². The first-order chi connectivity index (χ1) is 7.45. The van der Waals surface area contributed by atoms with E-state index in [9.17, 15) is 10.2 Å². The monoisotopic (exact) mass is 476 g/mol. The number of benzene rings is 1. The fourth-order valence-corrected chi connectivity index (χ4v) is 4.12. The second-order valence-electron chi connectivity index (χ2n) is 3.64. The Labute approximate surface area is 127 Å². The minimum Gasteiger partial charge on any atom is -0.387 e. The van der Waals surface area contributed by atoms with Gasteiger partial charge in [-0.25, -0.2) is 0 Å². The largest absolute Gasteiger partial charge is 0.387 e. The summed E-state index contributed by atoms with van der Waals surface area (Å²) in [6.45, 7) is 0. The molecule has 88 valence electrons. The van der Waals surface area contributed by atoms with E-state index in [2.05, 4.69) is 63.7 Å². The maximum absolute atomic E-state index is 10.2. The van der Waals surface area contributed by atoms with Crippen LogP contribution < -0.4 is 0 Å². The molecule has 0 aliphatic heterocycles. The number of hydrogen-bond donors (Lipinski definition) is 2. The minimum atomic E-state index is -0.658. The first-order valence-corrected chi connectivity index (χ1v) is 7.99. The van der Waals surface area contributed by atoms with Gasteiger partial charge < -0.3 is 10.2 Å². The van der Waals surface area contributed by atoms with Gasteiger partial charge in [-0.2, -0.15) is 0 Å². The average molecular weight is 480 g/mol. The predicted octanol–water partition coefficient (Wildman–Crippen LogP) is 3.82. The van der Waals surface area contributed by atoms with Gasteiger partial charge in [-0.15, -0.1) is 0 Å². The molecule has 2 rings (SSSR count). The lowest BCUT2D eigenvalue weighted by molar-refractivity contribution is 0.105. The molecule has 4 atom stereocenters. The first-order valence-electron chi connectivity index (χ1n) is 4.57. The SMILES string of the molecule is OC1c2c(Br)ccc(Br)c2C(O)C(Br)C1Br. The van der Waals surface area contributed by atoms with Crippen LogP contribution >= 0.6 is 63.7 Å². The summed E-state index contributed by atoms with van der Waals surface area (Å²) in [6.07, 6.45) is -1.32. The van der Waals surface area contributed by atoms with Crippen LogP contribution in [-0.4, -0.2) is 19.9 Å². The molecule has 4 unspecified atom stereocenters. The normalized spacial score (nSPS) is 33.6. The molecule has 6 heteroatoms. The van der Waals surface area contributed by atoms with Crippen LogP contribution in [0.5, 0.6) is 0 Å². The third-order valence-corrected chi connectivity index (χ3v) is 6.91. The smallest absolute Gasteiger partial charge is 0.0941 e. The number of halogens is 4. The molecule has 1 aromatic carbocycles. The minimum absolute atomic E-state index is 0.222. The molecule has 1 aromatic rings. The van der Waals surface area contributed by atoms with Crippen LogP contribution in [-0.2, 0) is 0 Å². The summed E-state index contributed by atoms with van der Waals surface area (Å²) in [5, 5.41) is 20.4. The highest BCUT2D eigenvalue weighted by atomic mass is 79.9. The first kappa shape index (κ1) is 13.5.